The van der Waals surface area contributed by atoms with Gasteiger partial charge in [-0.15, -0.1) is 0 Å². The van der Waals surface area contributed by atoms with Crippen LogP contribution in [0.2, 0.25) is 0 Å². The minimum absolute atomic E-state index is 0.0688. The Bertz CT molecular complexity index is 492. The number of carboxylic acid groups (broad SMARTS) is 1. The van der Waals surface area contributed by atoms with Gasteiger partial charge >= 0.3 is 5.97 Å². The molecular weight excluding hydrogens is 242 g/mol. The highest BCUT2D eigenvalue weighted by Crippen LogP contribution is 2.30. The number of ether oxygens (including phenoxy) is 1. The van der Waals surface area contributed by atoms with Gasteiger partial charge in [0, 0.05) is 6.08 Å². The minimum atomic E-state index is -0.935. The molecule has 1 unspecified atom stereocenters. The standard InChI is InChI=1S/C15H21NO3/c1-10-11(2)14(19-5)8-6-12(10)13(16(3)4)7-9-15(17)18/h6-9,13H,1-5H3,(H,17,18)/b9-7+. The van der Waals surface area contributed by atoms with E-state index in [0.29, 0.717) is 0 Å². The van der Waals surface area contributed by atoms with Crippen LogP contribution in [0.5, 0.6) is 5.75 Å². The van der Waals surface area contributed by atoms with Crippen LogP contribution >= 0.6 is 0 Å². The molecule has 1 rings (SSSR count). The molecule has 0 radical (unpaired) electrons. The van der Waals surface area contributed by atoms with Gasteiger partial charge in [-0.2, -0.15) is 0 Å². The molecule has 0 aliphatic rings. The first kappa shape index (κ1) is 15.2. The number of hydrogen-bond acceptors (Lipinski definition) is 3. The highest BCUT2D eigenvalue weighted by Gasteiger charge is 2.16. The van der Waals surface area contributed by atoms with Gasteiger partial charge < -0.3 is 9.84 Å². The van der Waals surface area contributed by atoms with E-state index in [9.17, 15) is 4.79 Å². The summed E-state index contributed by atoms with van der Waals surface area (Å²) in [5.74, 6) is -0.0873. The Labute approximate surface area is 114 Å². The van der Waals surface area contributed by atoms with Gasteiger partial charge in [-0.1, -0.05) is 12.1 Å². The molecule has 0 amide bonds. The monoisotopic (exact) mass is 263 g/mol. The molecule has 1 aromatic rings. The molecule has 1 aromatic carbocycles. The lowest BCUT2D eigenvalue weighted by Gasteiger charge is -2.24. The van der Waals surface area contributed by atoms with Crippen molar-refractivity contribution in [1.29, 1.82) is 0 Å². The van der Waals surface area contributed by atoms with Crippen LogP contribution in [-0.2, 0) is 4.79 Å². The largest absolute Gasteiger partial charge is 0.496 e. The van der Waals surface area contributed by atoms with Crippen LogP contribution in [0.1, 0.15) is 22.7 Å². The van der Waals surface area contributed by atoms with Crippen LogP contribution in [0, 0.1) is 13.8 Å². The molecule has 0 bridgehead atoms. The molecule has 1 N–H and O–H groups in total. The van der Waals surface area contributed by atoms with Crippen molar-refractivity contribution in [3.8, 4) is 5.75 Å². The second kappa shape index (κ2) is 6.38. The van der Waals surface area contributed by atoms with Gasteiger partial charge in [0.25, 0.3) is 0 Å². The highest BCUT2D eigenvalue weighted by atomic mass is 16.5. The molecule has 0 aliphatic heterocycles. The van der Waals surface area contributed by atoms with Crippen molar-refractivity contribution >= 4 is 5.97 Å². The van der Waals surface area contributed by atoms with E-state index in [1.165, 1.54) is 6.08 Å². The fourth-order valence-corrected chi connectivity index (χ4v) is 2.09. The maximum Gasteiger partial charge on any atom is 0.328 e. The van der Waals surface area contributed by atoms with Crippen molar-refractivity contribution in [2.45, 2.75) is 19.9 Å². The quantitative estimate of drug-likeness (QED) is 0.829. The van der Waals surface area contributed by atoms with Crippen molar-refractivity contribution < 1.29 is 14.6 Å². The first-order chi connectivity index (χ1) is 8.88. The molecular formula is C15H21NO3. The van der Waals surface area contributed by atoms with Crippen molar-refractivity contribution in [2.75, 3.05) is 21.2 Å². The SMILES string of the molecule is COc1ccc(C(/C=C/C(=O)O)N(C)C)c(C)c1C. The Morgan fingerprint density at radius 3 is 2.42 bits per heavy atom. The van der Waals surface area contributed by atoms with E-state index in [2.05, 4.69) is 0 Å². The summed E-state index contributed by atoms with van der Waals surface area (Å²) in [6, 6.07) is 3.83. The fourth-order valence-electron chi connectivity index (χ4n) is 2.09. The maximum absolute atomic E-state index is 10.7. The highest BCUT2D eigenvalue weighted by molar-refractivity contribution is 5.79. The summed E-state index contributed by atoms with van der Waals surface area (Å²) in [6.45, 7) is 4.03. The van der Waals surface area contributed by atoms with Gasteiger partial charge in [-0.25, -0.2) is 4.79 Å². The summed E-state index contributed by atoms with van der Waals surface area (Å²) in [4.78, 5) is 12.7. The van der Waals surface area contributed by atoms with Crippen molar-refractivity contribution in [1.82, 2.24) is 4.90 Å². The average Bonchev–Trinajstić information content (AvgIpc) is 2.34. The summed E-state index contributed by atoms with van der Waals surface area (Å²) >= 11 is 0. The molecule has 4 nitrogen and oxygen atoms in total. The van der Waals surface area contributed by atoms with E-state index in [1.54, 1.807) is 13.2 Å². The second-order valence-corrected chi connectivity index (χ2v) is 4.71. The third kappa shape index (κ3) is 3.58. The third-order valence-corrected chi connectivity index (χ3v) is 3.30. The second-order valence-electron chi connectivity index (χ2n) is 4.71. The van der Waals surface area contributed by atoms with Crippen molar-refractivity contribution in [3.63, 3.8) is 0 Å². The minimum Gasteiger partial charge on any atom is -0.496 e. The van der Waals surface area contributed by atoms with E-state index < -0.39 is 5.97 Å². The Balaban J connectivity index is 3.24. The van der Waals surface area contributed by atoms with Crippen LogP contribution in [0.25, 0.3) is 0 Å². The van der Waals surface area contributed by atoms with E-state index >= 15 is 0 Å². The molecule has 0 aliphatic carbocycles. The van der Waals surface area contributed by atoms with Gasteiger partial charge in [-0.3, -0.25) is 4.90 Å². The Morgan fingerprint density at radius 2 is 1.95 bits per heavy atom. The molecule has 0 saturated carbocycles. The number of methoxy groups -OCH3 is 1. The molecule has 1 atom stereocenters. The summed E-state index contributed by atoms with van der Waals surface area (Å²) in [5, 5.41) is 8.77. The number of carbonyl (C=O) groups is 1. The number of likely N-dealkylation sites (N-methyl/N-ethyl adjacent to an activating group) is 1. The van der Waals surface area contributed by atoms with Crippen LogP contribution in [0.15, 0.2) is 24.3 Å². The molecule has 0 aromatic heterocycles. The van der Waals surface area contributed by atoms with Gasteiger partial charge in [0.05, 0.1) is 13.2 Å². The molecule has 104 valence electrons. The number of hydrogen-bond donors (Lipinski definition) is 1. The van der Waals surface area contributed by atoms with Gasteiger partial charge in [0.2, 0.25) is 0 Å². The lowest BCUT2D eigenvalue weighted by molar-refractivity contribution is -0.131. The molecule has 0 saturated heterocycles. The molecule has 4 heteroatoms. The zero-order valence-corrected chi connectivity index (χ0v) is 12.1. The van der Waals surface area contributed by atoms with Crippen molar-refractivity contribution in [2.24, 2.45) is 0 Å². The number of rotatable bonds is 5. The molecule has 0 heterocycles. The fraction of sp³-hybridized carbons (Fsp3) is 0.400. The molecule has 19 heavy (non-hydrogen) atoms. The maximum atomic E-state index is 10.7. The lowest BCUT2D eigenvalue weighted by Crippen LogP contribution is -2.19. The van der Waals surface area contributed by atoms with Crippen LogP contribution < -0.4 is 4.74 Å². The lowest BCUT2D eigenvalue weighted by atomic mass is 9.95. The topological polar surface area (TPSA) is 49.8 Å². The number of nitrogens with zero attached hydrogens (tertiary/aromatic N) is 1. The Morgan fingerprint density at radius 1 is 1.32 bits per heavy atom. The Kier molecular flexibility index (Phi) is 5.12. The van der Waals surface area contributed by atoms with E-state index in [4.69, 9.17) is 9.84 Å². The van der Waals surface area contributed by atoms with Gasteiger partial charge in [0.1, 0.15) is 5.75 Å². The van der Waals surface area contributed by atoms with Crippen LogP contribution in [-0.4, -0.2) is 37.2 Å². The van der Waals surface area contributed by atoms with Gasteiger partial charge in [-0.05, 0) is 50.7 Å². The van der Waals surface area contributed by atoms with Crippen molar-refractivity contribution in [3.05, 3.63) is 41.0 Å². The smallest absolute Gasteiger partial charge is 0.328 e. The Hall–Kier alpha value is -1.81. The number of benzene rings is 1. The predicted molar refractivity (Wildman–Crippen MR) is 75.7 cm³/mol. The zero-order valence-electron chi connectivity index (χ0n) is 12.1. The van der Waals surface area contributed by atoms with Gasteiger partial charge in [0.15, 0.2) is 0 Å². The van der Waals surface area contributed by atoms with Crippen LogP contribution in [0.3, 0.4) is 0 Å². The molecule has 0 fully saturated rings. The van der Waals surface area contributed by atoms with E-state index in [1.807, 2.05) is 45.0 Å². The summed E-state index contributed by atoms with van der Waals surface area (Å²) in [6.07, 6.45) is 2.88. The average molecular weight is 263 g/mol. The summed E-state index contributed by atoms with van der Waals surface area (Å²) in [7, 11) is 5.50. The number of carboxylic acids is 1. The molecule has 0 spiro atoms. The third-order valence-electron chi connectivity index (χ3n) is 3.30. The summed E-state index contributed by atoms with van der Waals surface area (Å²) < 4.78 is 5.29. The predicted octanol–water partition coefficient (Wildman–Crippen LogP) is 2.56. The summed E-state index contributed by atoms with van der Waals surface area (Å²) in [5.41, 5.74) is 3.28. The number of aliphatic carboxylic acids is 1. The zero-order chi connectivity index (χ0) is 14.6. The van der Waals surface area contributed by atoms with E-state index in [0.717, 1.165) is 22.4 Å². The first-order valence-corrected chi connectivity index (χ1v) is 6.10. The van der Waals surface area contributed by atoms with Crippen LogP contribution in [0.4, 0.5) is 0 Å². The van der Waals surface area contributed by atoms with E-state index in [-0.39, 0.29) is 6.04 Å². The normalized spacial score (nSPS) is 12.9. The first-order valence-electron chi connectivity index (χ1n) is 6.10.